The fourth-order valence-corrected chi connectivity index (χ4v) is 1.96. The molecule has 100 valence electrons. The standard InChI is InChI=1S/C15H17FN2O/c1-10-7-12(10)9-18-15(19)14-8-13(16)5-4-11(14)3-2-6-17/h4-5,8,10,12H,6-7,9,17H2,1H3,(H,18,19). The third-order valence-electron chi connectivity index (χ3n) is 3.35. The summed E-state index contributed by atoms with van der Waals surface area (Å²) in [7, 11) is 0. The number of carbonyl (C=O) groups is 1. The normalized spacial score (nSPS) is 20.4. The summed E-state index contributed by atoms with van der Waals surface area (Å²) in [6.45, 7) is 3.00. The quantitative estimate of drug-likeness (QED) is 0.810. The van der Waals surface area contributed by atoms with Crippen LogP contribution in [0.2, 0.25) is 0 Å². The molecule has 1 aromatic rings. The average Bonchev–Trinajstić information content (AvgIpc) is 3.10. The van der Waals surface area contributed by atoms with Gasteiger partial charge in [0, 0.05) is 12.1 Å². The van der Waals surface area contributed by atoms with Crippen molar-refractivity contribution in [1.82, 2.24) is 5.32 Å². The van der Waals surface area contributed by atoms with Gasteiger partial charge in [-0.3, -0.25) is 4.79 Å². The van der Waals surface area contributed by atoms with Gasteiger partial charge in [0.2, 0.25) is 0 Å². The second kappa shape index (κ2) is 5.85. The van der Waals surface area contributed by atoms with E-state index in [9.17, 15) is 9.18 Å². The SMILES string of the molecule is CC1CC1CNC(=O)c1cc(F)ccc1C#CCN. The van der Waals surface area contributed by atoms with Gasteiger partial charge in [-0.2, -0.15) is 0 Å². The molecule has 2 atom stereocenters. The summed E-state index contributed by atoms with van der Waals surface area (Å²) in [4.78, 5) is 12.0. The van der Waals surface area contributed by atoms with Crippen LogP contribution in [0.1, 0.15) is 29.3 Å². The minimum atomic E-state index is -0.441. The minimum Gasteiger partial charge on any atom is -0.352 e. The lowest BCUT2D eigenvalue weighted by Gasteiger charge is -2.06. The molecule has 19 heavy (non-hydrogen) atoms. The van der Waals surface area contributed by atoms with Crippen molar-refractivity contribution in [3.63, 3.8) is 0 Å². The van der Waals surface area contributed by atoms with E-state index >= 15 is 0 Å². The van der Waals surface area contributed by atoms with Gasteiger partial charge in [-0.05, 0) is 36.5 Å². The Labute approximate surface area is 112 Å². The van der Waals surface area contributed by atoms with Crippen LogP contribution in [0, 0.1) is 29.5 Å². The average molecular weight is 260 g/mol. The summed E-state index contributed by atoms with van der Waals surface area (Å²) in [6, 6.07) is 4.01. The number of halogens is 1. The third kappa shape index (κ3) is 3.55. The summed E-state index contributed by atoms with van der Waals surface area (Å²) in [5, 5.41) is 2.83. The zero-order chi connectivity index (χ0) is 13.8. The maximum atomic E-state index is 13.3. The Morgan fingerprint density at radius 1 is 1.58 bits per heavy atom. The molecular weight excluding hydrogens is 243 g/mol. The molecule has 0 heterocycles. The maximum Gasteiger partial charge on any atom is 0.252 e. The summed E-state index contributed by atoms with van der Waals surface area (Å²) >= 11 is 0. The molecule has 4 heteroatoms. The van der Waals surface area contributed by atoms with E-state index < -0.39 is 5.82 Å². The second-order valence-corrected chi connectivity index (χ2v) is 4.88. The summed E-state index contributed by atoms with van der Waals surface area (Å²) in [5.74, 6) is 5.97. The zero-order valence-electron chi connectivity index (χ0n) is 10.9. The number of hydrogen-bond acceptors (Lipinski definition) is 2. The van der Waals surface area contributed by atoms with Crippen molar-refractivity contribution >= 4 is 5.91 Å². The van der Waals surface area contributed by atoms with Crippen LogP contribution in [0.3, 0.4) is 0 Å². The van der Waals surface area contributed by atoms with Crippen molar-refractivity contribution in [2.45, 2.75) is 13.3 Å². The first-order valence-corrected chi connectivity index (χ1v) is 6.38. The fraction of sp³-hybridized carbons (Fsp3) is 0.400. The van der Waals surface area contributed by atoms with Crippen LogP contribution in [-0.2, 0) is 0 Å². The Morgan fingerprint density at radius 3 is 2.95 bits per heavy atom. The van der Waals surface area contributed by atoms with Gasteiger partial charge in [-0.15, -0.1) is 0 Å². The lowest BCUT2D eigenvalue weighted by atomic mass is 10.1. The van der Waals surface area contributed by atoms with Crippen molar-refractivity contribution < 1.29 is 9.18 Å². The molecule has 1 aromatic carbocycles. The highest BCUT2D eigenvalue weighted by Gasteiger charge is 2.32. The first-order valence-electron chi connectivity index (χ1n) is 6.38. The number of nitrogens with two attached hydrogens (primary N) is 1. The molecule has 3 N–H and O–H groups in total. The Kier molecular flexibility index (Phi) is 4.18. The molecule has 1 aliphatic carbocycles. The molecular formula is C15H17FN2O. The predicted molar refractivity (Wildman–Crippen MR) is 71.9 cm³/mol. The minimum absolute atomic E-state index is 0.206. The first-order chi connectivity index (χ1) is 9.11. The van der Waals surface area contributed by atoms with E-state index in [4.69, 9.17) is 5.73 Å². The molecule has 0 aromatic heterocycles. The Morgan fingerprint density at radius 2 is 2.32 bits per heavy atom. The smallest absolute Gasteiger partial charge is 0.252 e. The molecule has 1 fully saturated rings. The highest BCUT2D eigenvalue weighted by molar-refractivity contribution is 5.96. The molecule has 0 radical (unpaired) electrons. The van der Waals surface area contributed by atoms with E-state index in [1.54, 1.807) is 0 Å². The van der Waals surface area contributed by atoms with Gasteiger partial charge in [-0.25, -0.2) is 4.39 Å². The molecule has 2 rings (SSSR count). The van der Waals surface area contributed by atoms with Crippen LogP contribution >= 0.6 is 0 Å². The van der Waals surface area contributed by atoms with Crippen molar-refractivity contribution in [3.05, 3.63) is 35.1 Å². The number of benzene rings is 1. The van der Waals surface area contributed by atoms with Crippen LogP contribution in [-0.4, -0.2) is 19.0 Å². The number of hydrogen-bond donors (Lipinski definition) is 2. The van der Waals surface area contributed by atoms with E-state index in [1.807, 2.05) is 0 Å². The summed E-state index contributed by atoms with van der Waals surface area (Å²) in [5.41, 5.74) is 6.09. The molecule has 2 unspecified atom stereocenters. The topological polar surface area (TPSA) is 55.1 Å². The maximum absolute atomic E-state index is 13.3. The lowest BCUT2D eigenvalue weighted by molar-refractivity contribution is 0.0950. The van der Waals surface area contributed by atoms with Gasteiger partial charge in [0.15, 0.2) is 0 Å². The van der Waals surface area contributed by atoms with E-state index in [1.165, 1.54) is 18.2 Å². The van der Waals surface area contributed by atoms with Crippen molar-refractivity contribution in [2.24, 2.45) is 17.6 Å². The number of rotatable bonds is 3. The zero-order valence-corrected chi connectivity index (χ0v) is 10.9. The number of carbonyl (C=O) groups excluding carboxylic acids is 1. The molecule has 1 saturated carbocycles. The van der Waals surface area contributed by atoms with Gasteiger partial charge >= 0.3 is 0 Å². The Hall–Kier alpha value is -1.86. The molecule has 0 bridgehead atoms. The first kappa shape index (κ1) is 13.6. The van der Waals surface area contributed by atoms with Crippen LogP contribution in [0.4, 0.5) is 4.39 Å². The lowest BCUT2D eigenvalue weighted by Crippen LogP contribution is -2.26. The largest absolute Gasteiger partial charge is 0.352 e. The van der Waals surface area contributed by atoms with Crippen molar-refractivity contribution in [1.29, 1.82) is 0 Å². The fourth-order valence-electron chi connectivity index (χ4n) is 1.96. The Bertz CT molecular complexity index is 545. The molecule has 1 amide bonds. The van der Waals surface area contributed by atoms with Gasteiger partial charge < -0.3 is 11.1 Å². The van der Waals surface area contributed by atoms with E-state index in [-0.39, 0.29) is 18.0 Å². The summed E-state index contributed by atoms with van der Waals surface area (Å²) in [6.07, 6.45) is 1.14. The van der Waals surface area contributed by atoms with Crippen molar-refractivity contribution in [3.8, 4) is 11.8 Å². The van der Waals surface area contributed by atoms with Crippen LogP contribution in [0.15, 0.2) is 18.2 Å². The van der Waals surface area contributed by atoms with E-state index in [0.29, 0.717) is 23.9 Å². The molecule has 0 spiro atoms. The highest BCUT2D eigenvalue weighted by atomic mass is 19.1. The molecule has 3 nitrogen and oxygen atoms in total. The Balaban J connectivity index is 2.11. The monoisotopic (exact) mass is 260 g/mol. The molecule has 1 aliphatic rings. The number of nitrogens with one attached hydrogen (secondary N) is 1. The molecule has 0 aliphatic heterocycles. The van der Waals surface area contributed by atoms with E-state index in [0.717, 1.165) is 6.42 Å². The predicted octanol–water partition coefficient (Wildman–Crippen LogP) is 1.52. The van der Waals surface area contributed by atoms with Crippen LogP contribution < -0.4 is 11.1 Å². The summed E-state index contributed by atoms with van der Waals surface area (Å²) < 4.78 is 13.3. The van der Waals surface area contributed by atoms with Crippen LogP contribution in [0.25, 0.3) is 0 Å². The van der Waals surface area contributed by atoms with Crippen molar-refractivity contribution in [2.75, 3.05) is 13.1 Å². The van der Waals surface area contributed by atoms with E-state index in [2.05, 4.69) is 24.1 Å². The van der Waals surface area contributed by atoms with Gasteiger partial charge in [-0.1, -0.05) is 18.8 Å². The number of amides is 1. The van der Waals surface area contributed by atoms with Crippen LogP contribution in [0.5, 0.6) is 0 Å². The third-order valence-corrected chi connectivity index (χ3v) is 3.35. The van der Waals surface area contributed by atoms with Gasteiger partial charge in [0.1, 0.15) is 5.82 Å². The van der Waals surface area contributed by atoms with Gasteiger partial charge in [0.05, 0.1) is 12.1 Å². The van der Waals surface area contributed by atoms with Gasteiger partial charge in [0.25, 0.3) is 5.91 Å². The highest BCUT2D eigenvalue weighted by Crippen LogP contribution is 2.36. The second-order valence-electron chi connectivity index (χ2n) is 4.88. The molecule has 0 saturated heterocycles.